The lowest BCUT2D eigenvalue weighted by atomic mass is 9.96. The molecule has 0 aliphatic heterocycles. The average molecular weight is 370 g/mol. The molecule has 2 rings (SSSR count). The third-order valence-electron chi connectivity index (χ3n) is 3.52. The average Bonchev–Trinajstić information content (AvgIpc) is 2.97. The minimum Gasteiger partial charge on any atom is -0.341 e. The molecule has 2 aromatic rings. The van der Waals surface area contributed by atoms with E-state index in [1.54, 1.807) is 24.1 Å². The van der Waals surface area contributed by atoms with E-state index < -0.39 is 0 Å². The topological polar surface area (TPSA) is 59.2 Å². The molecule has 0 saturated heterocycles. The molecule has 0 bridgehead atoms. The zero-order chi connectivity index (χ0) is 17.9. The van der Waals surface area contributed by atoms with Crippen LogP contribution in [-0.4, -0.2) is 28.0 Å². The van der Waals surface area contributed by atoms with Gasteiger partial charge in [-0.1, -0.05) is 55.2 Å². The van der Waals surface area contributed by atoms with Crippen molar-refractivity contribution in [2.75, 3.05) is 7.05 Å². The first-order chi connectivity index (χ1) is 11.2. The lowest BCUT2D eigenvalue weighted by Gasteiger charge is -2.17. The number of aryl methyl sites for hydroxylation is 1. The van der Waals surface area contributed by atoms with Crippen LogP contribution in [0.3, 0.4) is 0 Å². The van der Waals surface area contributed by atoms with Crippen molar-refractivity contribution in [3.05, 3.63) is 45.5 Å². The Morgan fingerprint density at radius 1 is 1.25 bits per heavy atom. The summed E-state index contributed by atoms with van der Waals surface area (Å²) >= 11 is 11.9. The number of hydrogen-bond donors (Lipinski definition) is 0. The van der Waals surface area contributed by atoms with Crippen molar-refractivity contribution >= 4 is 29.1 Å². The van der Waals surface area contributed by atoms with Crippen LogP contribution >= 0.6 is 23.2 Å². The minimum absolute atomic E-state index is 0.00317. The summed E-state index contributed by atoms with van der Waals surface area (Å²) in [5.74, 6) is 1.13. The fraction of sp³-hybridized carbons (Fsp3) is 0.471. The van der Waals surface area contributed by atoms with Gasteiger partial charge in [0.15, 0.2) is 5.82 Å². The molecule has 0 fully saturated rings. The number of carbonyl (C=O) groups is 1. The Labute approximate surface area is 151 Å². The van der Waals surface area contributed by atoms with E-state index in [1.807, 2.05) is 26.8 Å². The van der Waals surface area contributed by atoms with Gasteiger partial charge in [-0.15, -0.1) is 0 Å². The van der Waals surface area contributed by atoms with Crippen LogP contribution in [0.4, 0.5) is 0 Å². The SMILES string of the molecule is CN(Cc1ccc(Cl)c(Cl)c1)C(=O)CCc1nc(C(C)(C)C)no1. The molecule has 24 heavy (non-hydrogen) atoms. The first-order valence-corrected chi connectivity index (χ1v) is 8.43. The molecule has 0 atom stereocenters. The number of rotatable bonds is 5. The Morgan fingerprint density at radius 3 is 2.54 bits per heavy atom. The van der Waals surface area contributed by atoms with E-state index in [0.29, 0.717) is 41.1 Å². The monoisotopic (exact) mass is 369 g/mol. The third-order valence-corrected chi connectivity index (χ3v) is 4.26. The molecule has 0 unspecified atom stereocenters. The number of nitrogens with zero attached hydrogens (tertiary/aromatic N) is 3. The quantitative estimate of drug-likeness (QED) is 0.789. The predicted molar refractivity (Wildman–Crippen MR) is 94.3 cm³/mol. The Bertz CT molecular complexity index is 723. The molecule has 0 aliphatic rings. The maximum absolute atomic E-state index is 12.3. The van der Waals surface area contributed by atoms with Crippen LogP contribution in [0.1, 0.15) is 44.5 Å². The largest absolute Gasteiger partial charge is 0.341 e. The van der Waals surface area contributed by atoms with Gasteiger partial charge in [0.05, 0.1) is 10.0 Å². The molecule has 5 nitrogen and oxygen atoms in total. The van der Waals surface area contributed by atoms with E-state index in [-0.39, 0.29) is 11.3 Å². The fourth-order valence-electron chi connectivity index (χ4n) is 2.07. The molecule has 0 spiro atoms. The van der Waals surface area contributed by atoms with E-state index in [9.17, 15) is 4.79 Å². The number of amides is 1. The lowest BCUT2D eigenvalue weighted by Crippen LogP contribution is -2.26. The molecule has 1 aromatic heterocycles. The van der Waals surface area contributed by atoms with Crippen molar-refractivity contribution < 1.29 is 9.32 Å². The van der Waals surface area contributed by atoms with Crippen molar-refractivity contribution in [1.29, 1.82) is 0 Å². The van der Waals surface area contributed by atoms with Gasteiger partial charge in [0.25, 0.3) is 0 Å². The van der Waals surface area contributed by atoms with Crippen LogP contribution in [0, 0.1) is 0 Å². The zero-order valence-electron chi connectivity index (χ0n) is 14.3. The van der Waals surface area contributed by atoms with E-state index in [4.69, 9.17) is 27.7 Å². The van der Waals surface area contributed by atoms with Crippen molar-refractivity contribution in [1.82, 2.24) is 15.0 Å². The highest BCUT2D eigenvalue weighted by Gasteiger charge is 2.21. The van der Waals surface area contributed by atoms with Gasteiger partial charge >= 0.3 is 0 Å². The number of hydrogen-bond acceptors (Lipinski definition) is 4. The molecule has 0 radical (unpaired) electrons. The predicted octanol–water partition coefficient (Wildman–Crippen LogP) is 4.27. The van der Waals surface area contributed by atoms with Gasteiger partial charge in [0, 0.05) is 31.8 Å². The summed E-state index contributed by atoms with van der Waals surface area (Å²) in [6.07, 6.45) is 0.733. The van der Waals surface area contributed by atoms with Crippen LogP contribution in [-0.2, 0) is 23.2 Å². The van der Waals surface area contributed by atoms with Gasteiger partial charge in [-0.05, 0) is 17.7 Å². The maximum atomic E-state index is 12.3. The van der Waals surface area contributed by atoms with Gasteiger partial charge in [0.2, 0.25) is 11.8 Å². The third kappa shape index (κ3) is 4.95. The molecule has 1 aromatic carbocycles. The summed E-state index contributed by atoms with van der Waals surface area (Å²) in [5.41, 5.74) is 0.754. The summed E-state index contributed by atoms with van der Waals surface area (Å²) in [6.45, 7) is 6.50. The van der Waals surface area contributed by atoms with Crippen molar-refractivity contribution in [3.63, 3.8) is 0 Å². The molecule has 130 valence electrons. The second kappa shape index (κ2) is 7.53. The van der Waals surface area contributed by atoms with E-state index in [0.717, 1.165) is 5.56 Å². The number of aromatic nitrogens is 2. The van der Waals surface area contributed by atoms with Gasteiger partial charge in [-0.3, -0.25) is 4.79 Å². The Hall–Kier alpha value is -1.59. The van der Waals surface area contributed by atoms with Crippen LogP contribution in [0.2, 0.25) is 10.0 Å². The standard InChI is InChI=1S/C17H21Cl2N3O2/c1-17(2,3)16-20-14(24-21-16)7-8-15(23)22(4)10-11-5-6-12(18)13(19)9-11/h5-6,9H,7-8,10H2,1-4H3. The fourth-order valence-corrected chi connectivity index (χ4v) is 2.39. The first kappa shape index (κ1) is 18.7. The summed E-state index contributed by atoms with van der Waals surface area (Å²) in [6, 6.07) is 5.34. The lowest BCUT2D eigenvalue weighted by molar-refractivity contribution is -0.130. The van der Waals surface area contributed by atoms with E-state index in [2.05, 4.69) is 10.1 Å². The highest BCUT2D eigenvalue weighted by Crippen LogP contribution is 2.23. The molecule has 7 heteroatoms. The summed E-state index contributed by atoms with van der Waals surface area (Å²) in [4.78, 5) is 18.2. The van der Waals surface area contributed by atoms with Gasteiger partial charge in [-0.2, -0.15) is 4.98 Å². The van der Waals surface area contributed by atoms with E-state index in [1.165, 1.54) is 0 Å². The van der Waals surface area contributed by atoms with Crippen molar-refractivity contribution in [3.8, 4) is 0 Å². The van der Waals surface area contributed by atoms with Crippen LogP contribution in [0.25, 0.3) is 0 Å². The second-order valence-corrected chi connectivity index (χ2v) is 7.57. The number of benzene rings is 1. The molecule has 0 saturated carbocycles. The molecular weight excluding hydrogens is 349 g/mol. The number of carbonyl (C=O) groups excluding carboxylic acids is 1. The summed E-state index contributed by atoms with van der Waals surface area (Å²) < 4.78 is 5.20. The molecule has 1 heterocycles. The van der Waals surface area contributed by atoms with Crippen molar-refractivity contribution in [2.45, 2.75) is 45.6 Å². The molecule has 0 aliphatic carbocycles. The first-order valence-electron chi connectivity index (χ1n) is 7.68. The van der Waals surface area contributed by atoms with E-state index >= 15 is 0 Å². The maximum Gasteiger partial charge on any atom is 0.227 e. The van der Waals surface area contributed by atoms with Gasteiger partial charge < -0.3 is 9.42 Å². The molecule has 1 amide bonds. The second-order valence-electron chi connectivity index (χ2n) is 6.76. The minimum atomic E-state index is -0.170. The zero-order valence-corrected chi connectivity index (χ0v) is 15.8. The molecule has 0 N–H and O–H groups in total. The Kier molecular flexibility index (Phi) is 5.88. The van der Waals surface area contributed by atoms with Gasteiger partial charge in [0.1, 0.15) is 0 Å². The summed E-state index contributed by atoms with van der Waals surface area (Å²) in [5, 5.41) is 4.94. The van der Waals surface area contributed by atoms with Crippen LogP contribution in [0.15, 0.2) is 22.7 Å². The smallest absolute Gasteiger partial charge is 0.227 e. The summed E-state index contributed by atoms with van der Waals surface area (Å²) in [7, 11) is 1.75. The molecular formula is C17H21Cl2N3O2. The van der Waals surface area contributed by atoms with Gasteiger partial charge in [-0.25, -0.2) is 0 Å². The Balaban J connectivity index is 1.89. The highest BCUT2D eigenvalue weighted by atomic mass is 35.5. The Morgan fingerprint density at radius 2 is 1.96 bits per heavy atom. The van der Waals surface area contributed by atoms with Crippen molar-refractivity contribution in [2.24, 2.45) is 0 Å². The normalized spacial score (nSPS) is 11.6. The number of halogens is 2. The van der Waals surface area contributed by atoms with Crippen LogP contribution in [0.5, 0.6) is 0 Å². The van der Waals surface area contributed by atoms with Crippen LogP contribution < -0.4 is 0 Å². The highest BCUT2D eigenvalue weighted by molar-refractivity contribution is 6.42.